The third-order valence-corrected chi connectivity index (χ3v) is 10.3. The van der Waals surface area contributed by atoms with Crippen molar-refractivity contribution in [3.8, 4) is 0 Å². The molecule has 1 aliphatic carbocycles. The topological polar surface area (TPSA) is 35.8 Å². The molecule has 2 fully saturated rings. The lowest BCUT2D eigenvalue weighted by Crippen LogP contribution is -2.36. The van der Waals surface area contributed by atoms with Gasteiger partial charge in [-0.3, -0.25) is 4.90 Å². The van der Waals surface area contributed by atoms with Gasteiger partial charge < -0.3 is 14.2 Å². The summed E-state index contributed by atoms with van der Waals surface area (Å²) in [5, 5.41) is 2.23. The van der Waals surface area contributed by atoms with Gasteiger partial charge in [-0.05, 0) is 102 Å². The zero-order valence-electron chi connectivity index (χ0n) is 25.2. The molecule has 0 bridgehead atoms. The molecule has 2 unspecified atom stereocenters. The minimum absolute atomic E-state index is 0.280. The van der Waals surface area contributed by atoms with Crippen molar-refractivity contribution >= 4 is 17.2 Å². The second kappa shape index (κ2) is 14.2. The van der Waals surface area contributed by atoms with Gasteiger partial charge in [0.1, 0.15) is 5.69 Å². The summed E-state index contributed by atoms with van der Waals surface area (Å²) in [6.07, 6.45) is 11.2. The molecule has 3 heterocycles. The largest absolute Gasteiger partial charge is 0.423 e. The molecule has 2 atom stereocenters. The van der Waals surface area contributed by atoms with Crippen LogP contribution >= 0.6 is 11.3 Å². The van der Waals surface area contributed by atoms with Gasteiger partial charge in [0.2, 0.25) is 11.8 Å². The van der Waals surface area contributed by atoms with Crippen molar-refractivity contribution in [2.45, 2.75) is 83.7 Å². The first-order valence-electron chi connectivity index (χ1n) is 15.8. The van der Waals surface area contributed by atoms with Crippen LogP contribution in [0.15, 0.2) is 52.3 Å². The van der Waals surface area contributed by atoms with E-state index in [1.165, 1.54) is 61.8 Å². The Morgan fingerprint density at radius 2 is 1.68 bits per heavy atom. The SMILES string of the molecule is CCN(CC)c1oc(C(CC2CCC(C(c3cccs3)N(C)C)CC2)N2CCCCC2)nc1Cc1ccccc1. The second-order valence-corrected chi connectivity index (χ2v) is 13.2. The molecule has 0 spiro atoms. The molecule has 1 aromatic carbocycles. The zero-order chi connectivity index (χ0) is 27.9. The summed E-state index contributed by atoms with van der Waals surface area (Å²) < 4.78 is 6.80. The highest BCUT2D eigenvalue weighted by Gasteiger charge is 2.35. The van der Waals surface area contributed by atoms with E-state index in [4.69, 9.17) is 9.40 Å². The Bertz CT molecular complexity index is 1130. The first-order valence-corrected chi connectivity index (χ1v) is 16.7. The average molecular weight is 563 g/mol. The number of benzene rings is 1. The summed E-state index contributed by atoms with van der Waals surface area (Å²) in [5.41, 5.74) is 2.39. The number of hydrogen-bond donors (Lipinski definition) is 0. The molecule has 5 nitrogen and oxygen atoms in total. The lowest BCUT2D eigenvalue weighted by atomic mass is 9.75. The zero-order valence-corrected chi connectivity index (χ0v) is 26.0. The Hall–Kier alpha value is -2.15. The van der Waals surface area contributed by atoms with Crippen molar-refractivity contribution in [3.63, 3.8) is 0 Å². The minimum Gasteiger partial charge on any atom is -0.423 e. The van der Waals surface area contributed by atoms with E-state index >= 15 is 0 Å². The van der Waals surface area contributed by atoms with Gasteiger partial charge >= 0.3 is 0 Å². The maximum atomic E-state index is 6.80. The Morgan fingerprint density at radius 1 is 0.950 bits per heavy atom. The molecule has 5 rings (SSSR count). The normalized spacial score (nSPS) is 21.9. The van der Waals surface area contributed by atoms with Crippen LogP contribution in [-0.4, -0.2) is 55.1 Å². The van der Waals surface area contributed by atoms with Crippen molar-refractivity contribution in [2.24, 2.45) is 11.8 Å². The van der Waals surface area contributed by atoms with Gasteiger partial charge in [-0.25, -0.2) is 4.98 Å². The fraction of sp³-hybridized carbons (Fsp3) is 0.618. The monoisotopic (exact) mass is 562 g/mol. The highest BCUT2D eigenvalue weighted by Crippen LogP contribution is 2.44. The van der Waals surface area contributed by atoms with E-state index in [-0.39, 0.29) is 6.04 Å². The molecule has 40 heavy (non-hydrogen) atoms. The highest BCUT2D eigenvalue weighted by atomic mass is 32.1. The number of nitrogens with zero attached hydrogens (tertiary/aromatic N) is 4. The van der Waals surface area contributed by atoms with Gasteiger partial charge in [0.25, 0.3) is 0 Å². The van der Waals surface area contributed by atoms with Crippen LogP contribution in [0.2, 0.25) is 0 Å². The summed E-state index contributed by atoms with van der Waals surface area (Å²) in [5.74, 6) is 3.42. The number of oxazole rings is 1. The van der Waals surface area contributed by atoms with Gasteiger partial charge in [0.15, 0.2) is 0 Å². The van der Waals surface area contributed by atoms with E-state index in [1.54, 1.807) is 0 Å². The first-order chi connectivity index (χ1) is 19.6. The minimum atomic E-state index is 0.280. The summed E-state index contributed by atoms with van der Waals surface area (Å²) in [4.78, 5) is 14.3. The molecule has 1 saturated heterocycles. The molecule has 0 radical (unpaired) electrons. The maximum absolute atomic E-state index is 6.80. The number of thiophene rings is 1. The van der Waals surface area contributed by atoms with Crippen LogP contribution < -0.4 is 4.90 Å². The molecule has 1 aliphatic heterocycles. The molecule has 2 aliphatic rings. The molecule has 2 aromatic heterocycles. The molecule has 0 N–H and O–H groups in total. The number of likely N-dealkylation sites (tertiary alicyclic amines) is 1. The first kappa shape index (κ1) is 29.3. The van der Waals surface area contributed by atoms with E-state index in [0.29, 0.717) is 6.04 Å². The van der Waals surface area contributed by atoms with Crippen LogP contribution in [0, 0.1) is 11.8 Å². The smallest absolute Gasteiger partial charge is 0.219 e. The van der Waals surface area contributed by atoms with E-state index in [2.05, 4.69) is 90.5 Å². The summed E-state index contributed by atoms with van der Waals surface area (Å²) >= 11 is 1.92. The Morgan fingerprint density at radius 3 is 2.30 bits per heavy atom. The lowest BCUT2D eigenvalue weighted by molar-refractivity contribution is 0.0950. The summed E-state index contributed by atoms with van der Waals surface area (Å²) in [6.45, 7) is 8.63. The highest BCUT2D eigenvalue weighted by molar-refractivity contribution is 7.10. The molecule has 218 valence electrons. The van der Waals surface area contributed by atoms with Crippen LogP contribution in [0.1, 0.15) is 99.3 Å². The number of hydrogen-bond acceptors (Lipinski definition) is 6. The Labute approximate surface area is 246 Å². The Balaban J connectivity index is 1.35. The van der Waals surface area contributed by atoms with Gasteiger partial charge in [-0.1, -0.05) is 55.7 Å². The predicted molar refractivity (Wildman–Crippen MR) is 168 cm³/mol. The number of piperidine rings is 1. The molecule has 6 heteroatoms. The standard InChI is InChI=1S/C34H50N4OS/c1-5-37(6-2)34-29(24-26-14-9-7-10-15-26)35-33(39-34)30(38-21-11-8-12-22-38)25-27-17-19-28(20-18-27)32(36(3)4)31-16-13-23-40-31/h7,9-10,13-16,23,27-28,30,32H,5-6,8,11-12,17-22,24-25H2,1-4H3. The third kappa shape index (κ3) is 7.00. The van der Waals surface area contributed by atoms with Gasteiger partial charge in [0.05, 0.1) is 6.04 Å². The quantitative estimate of drug-likeness (QED) is 0.222. The van der Waals surface area contributed by atoms with Gasteiger partial charge in [0, 0.05) is 30.4 Å². The van der Waals surface area contributed by atoms with Crippen LogP contribution in [0.25, 0.3) is 0 Å². The van der Waals surface area contributed by atoms with Gasteiger partial charge in [-0.15, -0.1) is 11.3 Å². The number of rotatable bonds is 12. The van der Waals surface area contributed by atoms with Crippen molar-refractivity contribution in [2.75, 3.05) is 45.2 Å². The second-order valence-electron chi connectivity index (χ2n) is 12.2. The fourth-order valence-corrected chi connectivity index (χ4v) is 8.24. The van der Waals surface area contributed by atoms with Crippen LogP contribution in [-0.2, 0) is 6.42 Å². The van der Waals surface area contributed by atoms with E-state index in [9.17, 15) is 0 Å². The predicted octanol–water partition coefficient (Wildman–Crippen LogP) is 8.20. The molecule has 3 aromatic rings. The van der Waals surface area contributed by atoms with Gasteiger partial charge in [-0.2, -0.15) is 0 Å². The van der Waals surface area contributed by atoms with Crippen LogP contribution in [0.4, 0.5) is 5.88 Å². The summed E-state index contributed by atoms with van der Waals surface area (Å²) in [7, 11) is 4.51. The van der Waals surface area contributed by atoms with Crippen molar-refractivity contribution in [1.82, 2.24) is 14.8 Å². The molecular weight excluding hydrogens is 512 g/mol. The molecule has 1 saturated carbocycles. The maximum Gasteiger partial charge on any atom is 0.219 e. The van der Waals surface area contributed by atoms with E-state index in [1.807, 2.05) is 11.3 Å². The number of aromatic nitrogens is 1. The van der Waals surface area contributed by atoms with Crippen molar-refractivity contribution in [3.05, 3.63) is 69.9 Å². The third-order valence-electron chi connectivity index (χ3n) is 9.36. The lowest BCUT2D eigenvalue weighted by Gasteiger charge is -2.39. The number of anilines is 1. The Kier molecular flexibility index (Phi) is 10.4. The molecular formula is C34H50N4OS. The van der Waals surface area contributed by atoms with E-state index < -0.39 is 0 Å². The van der Waals surface area contributed by atoms with Crippen LogP contribution in [0.3, 0.4) is 0 Å². The van der Waals surface area contributed by atoms with Crippen molar-refractivity contribution in [1.29, 1.82) is 0 Å². The average Bonchev–Trinajstić information content (AvgIpc) is 3.65. The van der Waals surface area contributed by atoms with Crippen molar-refractivity contribution < 1.29 is 4.42 Å². The summed E-state index contributed by atoms with van der Waals surface area (Å²) in [6, 6.07) is 16.1. The van der Waals surface area contributed by atoms with Crippen LogP contribution in [0.5, 0.6) is 0 Å². The fourth-order valence-electron chi connectivity index (χ4n) is 7.23. The van der Waals surface area contributed by atoms with E-state index in [0.717, 1.165) is 61.9 Å². The molecule has 0 amide bonds.